The van der Waals surface area contributed by atoms with E-state index in [2.05, 4.69) is 42.6 Å². The molecule has 0 saturated heterocycles. The molecule has 0 saturated carbocycles. The van der Waals surface area contributed by atoms with Crippen LogP contribution in [0.5, 0.6) is 0 Å². The topological polar surface area (TPSA) is 71.1 Å². The number of ether oxygens (including phenoxy) is 4. The Balaban J connectivity index is 3.53. The summed E-state index contributed by atoms with van der Waals surface area (Å²) in [6, 6.07) is 0. The first-order valence-electron chi connectivity index (χ1n) is 6.21. The first kappa shape index (κ1) is 17.7. The molecule has 0 amide bonds. The van der Waals surface area contributed by atoms with Crippen molar-refractivity contribution < 1.29 is 28.5 Å². The van der Waals surface area contributed by atoms with Gasteiger partial charge in [-0.25, -0.2) is 9.59 Å². The van der Waals surface area contributed by atoms with E-state index in [-0.39, 0.29) is 26.4 Å². The molecule has 6 heteroatoms. The fourth-order valence-electron chi connectivity index (χ4n) is 0.913. The van der Waals surface area contributed by atoms with Crippen LogP contribution in [-0.2, 0) is 18.9 Å². The minimum absolute atomic E-state index is 0.00175. The maximum Gasteiger partial charge on any atom is 0.509 e. The summed E-state index contributed by atoms with van der Waals surface area (Å²) in [7, 11) is 0. The van der Waals surface area contributed by atoms with Gasteiger partial charge in [-0.3, -0.25) is 0 Å². The number of unbranched alkanes of at least 4 members (excludes halogenated alkanes) is 1. The summed E-state index contributed by atoms with van der Waals surface area (Å²) in [6.45, 7) is 3.93. The van der Waals surface area contributed by atoms with Crippen molar-refractivity contribution in [1.29, 1.82) is 0 Å². The van der Waals surface area contributed by atoms with Crippen molar-refractivity contribution in [3.05, 3.63) is 0 Å². The third kappa shape index (κ3) is 12.1. The molecule has 0 unspecified atom stereocenters. The minimum atomic E-state index is -0.724. The second-order valence-corrected chi connectivity index (χ2v) is 3.15. The van der Waals surface area contributed by atoms with Gasteiger partial charge in [-0.2, -0.15) is 0 Å². The summed E-state index contributed by atoms with van der Waals surface area (Å²) in [4.78, 5) is 21.5. The summed E-state index contributed by atoms with van der Waals surface area (Å²) in [5.41, 5.74) is 0. The fourth-order valence-corrected chi connectivity index (χ4v) is 0.913. The van der Waals surface area contributed by atoms with E-state index in [4.69, 9.17) is 0 Å². The lowest BCUT2D eigenvalue weighted by Crippen LogP contribution is -2.06. The van der Waals surface area contributed by atoms with Crippen LogP contribution in [-0.4, -0.2) is 38.7 Å². The van der Waals surface area contributed by atoms with E-state index in [1.54, 1.807) is 13.8 Å². The zero-order valence-electron chi connectivity index (χ0n) is 11.7. The number of hydrogen-bond acceptors (Lipinski definition) is 6. The van der Waals surface area contributed by atoms with Gasteiger partial charge < -0.3 is 18.9 Å². The molecule has 0 atom stereocenters. The molecule has 0 N–H and O–H groups in total. The van der Waals surface area contributed by atoms with Gasteiger partial charge >= 0.3 is 12.3 Å². The average Bonchev–Trinajstić information content (AvgIpc) is 2.41. The molecule has 6 nitrogen and oxygen atoms in total. The fraction of sp³-hybridized carbons (Fsp3) is 0.571. The van der Waals surface area contributed by atoms with E-state index < -0.39 is 12.3 Å². The zero-order valence-corrected chi connectivity index (χ0v) is 11.7. The predicted octanol–water partition coefficient (Wildman–Crippen LogP) is 2.12. The third-order valence-electron chi connectivity index (χ3n) is 1.67. The molecule has 0 radical (unpaired) electrons. The largest absolute Gasteiger partial charge is 0.509 e. The lowest BCUT2D eigenvalue weighted by Gasteiger charge is -1.98. The predicted molar refractivity (Wildman–Crippen MR) is 70.7 cm³/mol. The Morgan fingerprint density at radius 3 is 1.45 bits per heavy atom. The third-order valence-corrected chi connectivity index (χ3v) is 1.67. The van der Waals surface area contributed by atoms with Gasteiger partial charge in [0.05, 0.1) is 13.2 Å². The molecule has 0 aliphatic carbocycles. The van der Waals surface area contributed by atoms with Gasteiger partial charge in [0.1, 0.15) is 0 Å². The molecular formula is C14H18O6. The highest BCUT2D eigenvalue weighted by molar-refractivity contribution is 5.60. The summed E-state index contributed by atoms with van der Waals surface area (Å²) in [5.74, 6) is 10.9. The van der Waals surface area contributed by atoms with E-state index in [0.717, 1.165) is 0 Å². The van der Waals surface area contributed by atoms with Crippen LogP contribution in [0, 0.1) is 23.7 Å². The van der Waals surface area contributed by atoms with Gasteiger partial charge in [-0.15, -0.1) is 0 Å². The molecule has 0 rings (SSSR count). The van der Waals surface area contributed by atoms with Crippen molar-refractivity contribution in [2.24, 2.45) is 0 Å². The SMILES string of the molecule is CCOC(=O)OCC#CCCC#CCOC(=O)OCC. The molecule has 0 aliphatic heterocycles. The molecule has 0 aromatic carbocycles. The highest BCUT2D eigenvalue weighted by atomic mass is 16.7. The van der Waals surface area contributed by atoms with Crippen LogP contribution in [0.4, 0.5) is 9.59 Å². The summed E-state index contributed by atoms with van der Waals surface area (Å²) < 4.78 is 18.4. The Labute approximate surface area is 118 Å². The lowest BCUT2D eigenvalue weighted by molar-refractivity contribution is 0.0676. The zero-order chi connectivity index (χ0) is 15.1. The van der Waals surface area contributed by atoms with E-state index in [1.165, 1.54) is 0 Å². The van der Waals surface area contributed by atoms with Crippen LogP contribution in [0.25, 0.3) is 0 Å². The highest BCUT2D eigenvalue weighted by Crippen LogP contribution is 1.87. The van der Waals surface area contributed by atoms with Gasteiger partial charge in [0.2, 0.25) is 0 Å². The molecule has 20 heavy (non-hydrogen) atoms. The van der Waals surface area contributed by atoms with Crippen LogP contribution >= 0.6 is 0 Å². The van der Waals surface area contributed by atoms with E-state index in [0.29, 0.717) is 12.8 Å². The molecule has 0 aromatic rings. The van der Waals surface area contributed by atoms with E-state index in [9.17, 15) is 9.59 Å². The Hall–Kier alpha value is -2.34. The molecule has 0 heterocycles. The number of rotatable bonds is 5. The number of carbonyl (C=O) groups is 2. The Kier molecular flexibility index (Phi) is 11.6. The number of carbonyl (C=O) groups excluding carboxylic acids is 2. The van der Waals surface area contributed by atoms with Crippen molar-refractivity contribution in [2.45, 2.75) is 26.7 Å². The summed E-state index contributed by atoms with van der Waals surface area (Å²) in [5, 5.41) is 0. The second-order valence-electron chi connectivity index (χ2n) is 3.15. The van der Waals surface area contributed by atoms with Crippen LogP contribution in [0.1, 0.15) is 26.7 Å². The van der Waals surface area contributed by atoms with Gasteiger partial charge in [-0.05, 0) is 13.8 Å². The van der Waals surface area contributed by atoms with Crippen LogP contribution in [0.2, 0.25) is 0 Å². The Morgan fingerprint density at radius 2 is 1.10 bits per heavy atom. The molecule has 0 spiro atoms. The smallest absolute Gasteiger partial charge is 0.435 e. The molecule has 0 aliphatic rings. The van der Waals surface area contributed by atoms with Crippen molar-refractivity contribution in [2.75, 3.05) is 26.4 Å². The molecule has 0 fully saturated rings. The van der Waals surface area contributed by atoms with Crippen LogP contribution < -0.4 is 0 Å². The maximum atomic E-state index is 10.8. The van der Waals surface area contributed by atoms with Gasteiger partial charge in [0.25, 0.3) is 0 Å². The van der Waals surface area contributed by atoms with Crippen molar-refractivity contribution in [3.63, 3.8) is 0 Å². The van der Waals surface area contributed by atoms with Gasteiger partial charge in [0, 0.05) is 12.8 Å². The quantitative estimate of drug-likeness (QED) is 0.437. The van der Waals surface area contributed by atoms with Gasteiger partial charge in [0.15, 0.2) is 13.2 Å². The maximum absolute atomic E-state index is 10.8. The first-order valence-corrected chi connectivity index (χ1v) is 6.21. The van der Waals surface area contributed by atoms with Crippen LogP contribution in [0.15, 0.2) is 0 Å². The first-order chi connectivity index (χ1) is 9.70. The van der Waals surface area contributed by atoms with Crippen molar-refractivity contribution >= 4 is 12.3 Å². The highest BCUT2D eigenvalue weighted by Gasteiger charge is 1.98. The normalized spacial score (nSPS) is 8.30. The molecule has 0 aromatic heterocycles. The lowest BCUT2D eigenvalue weighted by atomic mass is 10.3. The second kappa shape index (κ2) is 13.1. The van der Waals surface area contributed by atoms with Crippen molar-refractivity contribution in [3.8, 4) is 23.7 Å². The number of hydrogen-bond donors (Lipinski definition) is 0. The van der Waals surface area contributed by atoms with E-state index in [1.807, 2.05) is 0 Å². The van der Waals surface area contributed by atoms with Crippen molar-refractivity contribution in [1.82, 2.24) is 0 Å². The van der Waals surface area contributed by atoms with Crippen LogP contribution in [0.3, 0.4) is 0 Å². The van der Waals surface area contributed by atoms with Gasteiger partial charge in [-0.1, -0.05) is 23.7 Å². The molecular weight excluding hydrogens is 264 g/mol. The molecule has 0 bridgehead atoms. The molecule has 110 valence electrons. The minimum Gasteiger partial charge on any atom is -0.435 e. The summed E-state index contributed by atoms with van der Waals surface area (Å²) in [6.07, 6.45) is -0.368. The monoisotopic (exact) mass is 282 g/mol. The standard InChI is InChI=1S/C14H18O6/c1-3-17-13(15)19-11-9-7-5-6-8-10-12-20-14(16)18-4-2/h3-6,11-12H2,1-2H3. The Bertz CT molecular complexity index is 367. The average molecular weight is 282 g/mol. The van der Waals surface area contributed by atoms with E-state index >= 15 is 0 Å². The summed E-state index contributed by atoms with van der Waals surface area (Å²) >= 11 is 0. The Morgan fingerprint density at radius 1 is 0.700 bits per heavy atom.